The summed E-state index contributed by atoms with van der Waals surface area (Å²) in [6, 6.07) is 12.1. The number of hydrogen-bond acceptors (Lipinski definition) is 3. The zero-order valence-electron chi connectivity index (χ0n) is 11.5. The molecule has 21 heavy (non-hydrogen) atoms. The van der Waals surface area contributed by atoms with Gasteiger partial charge in [-0.3, -0.25) is 0 Å². The minimum absolute atomic E-state index is 0.318. The first kappa shape index (κ1) is 15.5. The Morgan fingerprint density at radius 1 is 1.33 bits per heavy atom. The number of methoxy groups -OCH3 is 1. The lowest BCUT2D eigenvalue weighted by molar-refractivity contribution is 0.185. The normalized spacial score (nSPS) is 10.2. The van der Waals surface area contributed by atoms with Gasteiger partial charge in [-0.1, -0.05) is 28.1 Å². The van der Waals surface area contributed by atoms with Gasteiger partial charge in [-0.15, -0.1) is 0 Å². The first-order valence-corrected chi connectivity index (χ1v) is 7.13. The third kappa shape index (κ3) is 3.81. The maximum Gasteiger partial charge on any atom is 0.129 e. The van der Waals surface area contributed by atoms with Crippen molar-refractivity contribution in [2.45, 2.75) is 13.2 Å². The summed E-state index contributed by atoms with van der Waals surface area (Å²) in [5.41, 5.74) is 2.69. The van der Waals surface area contributed by atoms with Gasteiger partial charge in [-0.2, -0.15) is 5.26 Å². The highest BCUT2D eigenvalue weighted by atomic mass is 79.9. The molecule has 0 spiro atoms. The molecule has 1 N–H and O–H groups in total. The van der Waals surface area contributed by atoms with E-state index in [2.05, 4.69) is 21.2 Å². The van der Waals surface area contributed by atoms with Crippen LogP contribution in [0.25, 0.3) is 0 Å². The molecule has 0 atom stereocenters. The molecule has 0 heterocycles. The second-order valence-corrected chi connectivity index (χ2v) is 5.32. The molecule has 0 aliphatic carbocycles. The molecule has 5 heteroatoms. The Labute approximate surface area is 131 Å². The molecular weight excluding hydrogens is 335 g/mol. The van der Waals surface area contributed by atoms with Gasteiger partial charge >= 0.3 is 0 Å². The highest BCUT2D eigenvalue weighted by Crippen LogP contribution is 2.26. The topological polar surface area (TPSA) is 45.0 Å². The molecule has 0 saturated heterocycles. The van der Waals surface area contributed by atoms with Crippen molar-refractivity contribution in [3.63, 3.8) is 0 Å². The van der Waals surface area contributed by atoms with Crippen molar-refractivity contribution in [1.82, 2.24) is 0 Å². The molecule has 0 unspecified atom stereocenters. The van der Waals surface area contributed by atoms with Crippen LogP contribution >= 0.6 is 15.9 Å². The zero-order valence-corrected chi connectivity index (χ0v) is 13.1. The number of ether oxygens (including phenoxy) is 1. The number of hydrogen-bond donors (Lipinski definition) is 1. The van der Waals surface area contributed by atoms with Crippen LogP contribution in [-0.2, 0) is 17.9 Å². The van der Waals surface area contributed by atoms with Gasteiger partial charge < -0.3 is 10.1 Å². The van der Waals surface area contributed by atoms with E-state index < -0.39 is 0 Å². The number of nitrogens with zero attached hydrogens (tertiary/aromatic N) is 1. The minimum atomic E-state index is -0.384. The molecule has 0 radical (unpaired) electrons. The van der Waals surface area contributed by atoms with Crippen molar-refractivity contribution >= 4 is 21.6 Å². The standard InChI is InChI=1S/C16H14BrFN2O/c1-21-10-13-14(17)3-2-4-16(13)20-9-12-6-5-11(8-19)7-15(12)18/h2-7,20H,9-10H2,1H3. The average molecular weight is 349 g/mol. The van der Waals surface area contributed by atoms with E-state index in [-0.39, 0.29) is 5.82 Å². The fourth-order valence-electron chi connectivity index (χ4n) is 1.97. The van der Waals surface area contributed by atoms with Crippen LogP contribution in [0.4, 0.5) is 10.1 Å². The third-order valence-electron chi connectivity index (χ3n) is 3.06. The summed E-state index contributed by atoms with van der Waals surface area (Å²) in [7, 11) is 1.63. The number of rotatable bonds is 5. The minimum Gasteiger partial charge on any atom is -0.381 e. The molecule has 3 nitrogen and oxygen atoms in total. The Balaban J connectivity index is 2.17. The smallest absolute Gasteiger partial charge is 0.129 e. The Kier molecular flexibility index (Phi) is 5.32. The predicted octanol–water partition coefficient (Wildman–Crippen LogP) is 4.22. The van der Waals surface area contributed by atoms with Crippen molar-refractivity contribution in [3.05, 3.63) is 63.4 Å². The van der Waals surface area contributed by atoms with Gasteiger partial charge in [0.25, 0.3) is 0 Å². The van der Waals surface area contributed by atoms with Gasteiger partial charge in [-0.25, -0.2) is 4.39 Å². The first-order chi connectivity index (χ1) is 10.2. The largest absolute Gasteiger partial charge is 0.381 e. The Morgan fingerprint density at radius 2 is 2.14 bits per heavy atom. The monoisotopic (exact) mass is 348 g/mol. The van der Waals surface area contributed by atoms with Crippen LogP contribution in [0.1, 0.15) is 16.7 Å². The second-order valence-electron chi connectivity index (χ2n) is 4.47. The van der Waals surface area contributed by atoms with Crippen LogP contribution in [0, 0.1) is 17.1 Å². The summed E-state index contributed by atoms with van der Waals surface area (Å²) in [6.45, 7) is 0.796. The van der Waals surface area contributed by atoms with Crippen LogP contribution in [0.2, 0.25) is 0 Å². The zero-order chi connectivity index (χ0) is 15.2. The molecule has 2 aromatic rings. The maximum absolute atomic E-state index is 13.8. The Morgan fingerprint density at radius 3 is 2.81 bits per heavy atom. The van der Waals surface area contributed by atoms with Gasteiger partial charge in [-0.05, 0) is 24.3 Å². The van der Waals surface area contributed by atoms with Crippen molar-refractivity contribution in [2.75, 3.05) is 12.4 Å². The van der Waals surface area contributed by atoms with Crippen molar-refractivity contribution < 1.29 is 9.13 Å². The summed E-state index contributed by atoms with van der Waals surface area (Å²) in [5.74, 6) is -0.384. The molecule has 0 aliphatic rings. The molecule has 0 aromatic heterocycles. The van der Waals surface area contributed by atoms with Crippen LogP contribution in [0.3, 0.4) is 0 Å². The molecule has 0 amide bonds. The van der Waals surface area contributed by atoms with Gasteiger partial charge in [0.2, 0.25) is 0 Å². The third-order valence-corrected chi connectivity index (χ3v) is 3.80. The number of anilines is 1. The van der Waals surface area contributed by atoms with Gasteiger partial charge in [0.05, 0.1) is 18.2 Å². The van der Waals surface area contributed by atoms with Gasteiger partial charge in [0.15, 0.2) is 0 Å². The number of nitriles is 1. The number of nitrogens with one attached hydrogen (secondary N) is 1. The Hall–Kier alpha value is -1.90. The molecular formula is C16H14BrFN2O. The fraction of sp³-hybridized carbons (Fsp3) is 0.188. The summed E-state index contributed by atoms with van der Waals surface area (Å²) in [4.78, 5) is 0. The maximum atomic E-state index is 13.8. The van der Waals surface area contributed by atoms with Crippen LogP contribution < -0.4 is 5.32 Å². The van der Waals surface area contributed by atoms with Crippen molar-refractivity contribution in [2.24, 2.45) is 0 Å². The van der Waals surface area contributed by atoms with E-state index in [0.717, 1.165) is 15.7 Å². The van der Waals surface area contributed by atoms with E-state index in [1.54, 1.807) is 19.2 Å². The molecule has 0 fully saturated rings. The van der Waals surface area contributed by atoms with E-state index in [9.17, 15) is 4.39 Å². The SMILES string of the molecule is COCc1c(Br)cccc1NCc1ccc(C#N)cc1F. The van der Waals surface area contributed by atoms with E-state index in [0.29, 0.717) is 24.3 Å². The first-order valence-electron chi connectivity index (χ1n) is 6.34. The van der Waals surface area contributed by atoms with E-state index in [1.165, 1.54) is 6.07 Å². The van der Waals surface area contributed by atoms with Crippen LogP contribution in [0.5, 0.6) is 0 Å². The molecule has 2 rings (SSSR count). The second kappa shape index (κ2) is 7.21. The van der Waals surface area contributed by atoms with E-state index in [1.807, 2.05) is 24.3 Å². The summed E-state index contributed by atoms with van der Waals surface area (Å²) >= 11 is 3.48. The van der Waals surface area contributed by atoms with E-state index in [4.69, 9.17) is 10.00 Å². The van der Waals surface area contributed by atoms with Gasteiger partial charge in [0.1, 0.15) is 5.82 Å². The van der Waals surface area contributed by atoms with Crippen LogP contribution in [0.15, 0.2) is 40.9 Å². The predicted molar refractivity (Wildman–Crippen MR) is 83.3 cm³/mol. The van der Waals surface area contributed by atoms with E-state index >= 15 is 0 Å². The summed E-state index contributed by atoms with van der Waals surface area (Å²) in [6.07, 6.45) is 0. The van der Waals surface area contributed by atoms with Crippen molar-refractivity contribution in [1.29, 1.82) is 5.26 Å². The molecule has 108 valence electrons. The molecule has 0 bridgehead atoms. The lowest BCUT2D eigenvalue weighted by atomic mass is 10.1. The average Bonchev–Trinajstić information content (AvgIpc) is 2.49. The molecule has 0 saturated carbocycles. The number of benzene rings is 2. The Bertz CT molecular complexity index is 682. The summed E-state index contributed by atoms with van der Waals surface area (Å²) < 4.78 is 20.0. The molecule has 2 aromatic carbocycles. The highest BCUT2D eigenvalue weighted by Gasteiger charge is 2.08. The lowest BCUT2D eigenvalue weighted by Crippen LogP contribution is -2.05. The van der Waals surface area contributed by atoms with Gasteiger partial charge in [0, 0.05) is 34.9 Å². The van der Waals surface area contributed by atoms with Crippen molar-refractivity contribution in [3.8, 4) is 6.07 Å². The lowest BCUT2D eigenvalue weighted by Gasteiger charge is -2.13. The number of halogens is 2. The van der Waals surface area contributed by atoms with Crippen LogP contribution in [-0.4, -0.2) is 7.11 Å². The summed E-state index contributed by atoms with van der Waals surface area (Å²) in [5, 5.41) is 11.9. The highest BCUT2D eigenvalue weighted by molar-refractivity contribution is 9.10. The molecule has 0 aliphatic heterocycles. The fourth-order valence-corrected chi connectivity index (χ4v) is 2.45. The quantitative estimate of drug-likeness (QED) is 0.879.